The van der Waals surface area contributed by atoms with Crippen molar-refractivity contribution in [3.8, 4) is 0 Å². The number of unbranched alkanes of at least 4 members (excludes halogenated alkanes) is 2. The molecule has 0 aliphatic heterocycles. The van der Waals surface area contributed by atoms with Gasteiger partial charge in [-0.15, -0.1) is 11.3 Å². The number of hydrogen-bond donors (Lipinski definition) is 2. The maximum Gasteiger partial charge on any atom is 0.242 e. The Balaban J connectivity index is 2.71. The van der Waals surface area contributed by atoms with Gasteiger partial charge in [0.05, 0.1) is 3.79 Å². The van der Waals surface area contributed by atoms with Gasteiger partial charge in [-0.1, -0.05) is 33.1 Å². The molecule has 122 valence electrons. The summed E-state index contributed by atoms with van der Waals surface area (Å²) in [7, 11) is -3.45. The van der Waals surface area contributed by atoms with Gasteiger partial charge < -0.3 is 5.32 Å². The van der Waals surface area contributed by atoms with E-state index in [0.29, 0.717) is 15.2 Å². The Bertz CT molecular complexity index is 529. The lowest BCUT2D eigenvalue weighted by atomic mass is 10.1. The first-order valence-corrected chi connectivity index (χ1v) is 10.5. The van der Waals surface area contributed by atoms with Crippen LogP contribution in [0.4, 0.5) is 0 Å². The molecule has 0 aliphatic carbocycles. The van der Waals surface area contributed by atoms with Crippen LogP contribution in [-0.4, -0.2) is 21.0 Å². The maximum atomic E-state index is 12.4. The van der Waals surface area contributed by atoms with Crippen molar-refractivity contribution in [2.75, 3.05) is 6.54 Å². The minimum absolute atomic E-state index is 0.0365. The van der Waals surface area contributed by atoms with Gasteiger partial charge in [0.25, 0.3) is 0 Å². The van der Waals surface area contributed by atoms with Crippen LogP contribution in [0.15, 0.2) is 14.7 Å². The summed E-state index contributed by atoms with van der Waals surface area (Å²) in [5, 5.41) is 3.21. The molecule has 0 aromatic carbocycles. The second-order valence-electron chi connectivity index (χ2n) is 5.15. The zero-order valence-corrected chi connectivity index (χ0v) is 16.1. The van der Waals surface area contributed by atoms with Gasteiger partial charge in [-0.05, 0) is 41.9 Å². The summed E-state index contributed by atoms with van der Waals surface area (Å²) < 4.78 is 28.3. The monoisotopic (exact) mass is 396 g/mol. The zero-order chi connectivity index (χ0) is 15.9. The van der Waals surface area contributed by atoms with Gasteiger partial charge in [0.2, 0.25) is 10.0 Å². The number of sulfonamides is 1. The third-order valence-corrected chi connectivity index (χ3v) is 6.98. The molecule has 1 atom stereocenters. The highest BCUT2D eigenvalue weighted by atomic mass is 79.9. The van der Waals surface area contributed by atoms with Crippen molar-refractivity contribution < 1.29 is 8.42 Å². The fourth-order valence-corrected chi connectivity index (χ4v) is 5.93. The van der Waals surface area contributed by atoms with E-state index >= 15 is 0 Å². The molecule has 0 aliphatic rings. The van der Waals surface area contributed by atoms with Gasteiger partial charge in [0.15, 0.2) is 0 Å². The zero-order valence-electron chi connectivity index (χ0n) is 12.9. The smallest absolute Gasteiger partial charge is 0.242 e. The number of hydrogen-bond acceptors (Lipinski definition) is 4. The molecule has 0 saturated heterocycles. The van der Waals surface area contributed by atoms with Gasteiger partial charge in [-0.2, -0.15) is 0 Å². The largest absolute Gasteiger partial charge is 0.312 e. The molecule has 2 N–H and O–H groups in total. The molecule has 0 fully saturated rings. The van der Waals surface area contributed by atoms with Crippen LogP contribution in [0.5, 0.6) is 0 Å². The first-order chi connectivity index (χ1) is 9.90. The Labute approximate surface area is 140 Å². The number of rotatable bonds is 10. The standard InChI is InChI=1S/C14H25BrN2O2S2/c1-4-6-7-8-11(3)17-21(18,19)13-9-12(10-16-5-2)20-14(13)15/h9,11,16-17H,4-8,10H2,1-3H3. The summed E-state index contributed by atoms with van der Waals surface area (Å²) in [6.45, 7) is 7.65. The van der Waals surface area contributed by atoms with Crippen LogP contribution in [0.1, 0.15) is 51.3 Å². The van der Waals surface area contributed by atoms with Crippen molar-refractivity contribution in [3.63, 3.8) is 0 Å². The average Bonchev–Trinajstić information content (AvgIpc) is 2.78. The van der Waals surface area contributed by atoms with Crippen molar-refractivity contribution in [2.45, 2.75) is 63.9 Å². The molecule has 4 nitrogen and oxygen atoms in total. The summed E-state index contributed by atoms with van der Waals surface area (Å²) in [5.41, 5.74) is 0. The molecular formula is C14H25BrN2O2S2. The van der Waals surface area contributed by atoms with Gasteiger partial charge in [-0.3, -0.25) is 0 Å². The molecule has 0 bridgehead atoms. The van der Waals surface area contributed by atoms with Gasteiger partial charge >= 0.3 is 0 Å². The van der Waals surface area contributed by atoms with Crippen LogP contribution in [0.3, 0.4) is 0 Å². The molecular weight excluding hydrogens is 372 g/mol. The first-order valence-electron chi connectivity index (χ1n) is 7.42. The van der Waals surface area contributed by atoms with Gasteiger partial charge in [0.1, 0.15) is 4.90 Å². The molecule has 1 rings (SSSR count). The highest BCUT2D eigenvalue weighted by Crippen LogP contribution is 2.31. The number of thiophene rings is 1. The molecule has 0 radical (unpaired) electrons. The predicted molar refractivity (Wildman–Crippen MR) is 93.3 cm³/mol. The molecule has 0 saturated carbocycles. The van der Waals surface area contributed by atoms with Crippen molar-refractivity contribution in [2.24, 2.45) is 0 Å². The summed E-state index contributed by atoms with van der Waals surface area (Å²) in [5.74, 6) is 0. The van der Waals surface area contributed by atoms with E-state index in [4.69, 9.17) is 0 Å². The molecule has 1 aromatic heterocycles. The Morgan fingerprint density at radius 3 is 2.67 bits per heavy atom. The number of nitrogens with one attached hydrogen (secondary N) is 2. The minimum Gasteiger partial charge on any atom is -0.312 e. The van der Waals surface area contributed by atoms with Crippen LogP contribution >= 0.6 is 27.3 Å². The second kappa shape index (κ2) is 9.25. The molecule has 0 amide bonds. The molecule has 7 heteroatoms. The minimum atomic E-state index is -3.45. The SMILES string of the molecule is CCCCCC(C)NS(=O)(=O)c1cc(CNCC)sc1Br. The van der Waals surface area contributed by atoms with Crippen LogP contribution in [0, 0.1) is 0 Å². The van der Waals surface area contributed by atoms with E-state index in [-0.39, 0.29) is 6.04 Å². The summed E-state index contributed by atoms with van der Waals surface area (Å²) in [6, 6.07) is 1.71. The average molecular weight is 397 g/mol. The Kier molecular flexibility index (Phi) is 8.41. The maximum absolute atomic E-state index is 12.4. The van der Waals surface area contributed by atoms with E-state index in [9.17, 15) is 8.42 Å². The third-order valence-electron chi connectivity index (χ3n) is 3.14. The van der Waals surface area contributed by atoms with Crippen molar-refractivity contribution in [3.05, 3.63) is 14.7 Å². The van der Waals surface area contributed by atoms with Crippen LogP contribution in [0.25, 0.3) is 0 Å². The van der Waals surface area contributed by atoms with Crippen LogP contribution < -0.4 is 10.0 Å². The van der Waals surface area contributed by atoms with Gasteiger partial charge in [0, 0.05) is 17.5 Å². The van der Waals surface area contributed by atoms with Gasteiger partial charge in [-0.25, -0.2) is 13.1 Å². The van der Waals surface area contributed by atoms with Crippen molar-refractivity contribution in [1.82, 2.24) is 10.0 Å². The lowest BCUT2D eigenvalue weighted by Crippen LogP contribution is -2.32. The fourth-order valence-electron chi connectivity index (χ4n) is 2.00. The molecule has 1 heterocycles. The molecule has 0 spiro atoms. The van der Waals surface area contributed by atoms with Crippen LogP contribution in [-0.2, 0) is 16.6 Å². The summed E-state index contributed by atoms with van der Waals surface area (Å²) in [6.07, 6.45) is 4.21. The third kappa shape index (κ3) is 6.36. The lowest BCUT2D eigenvalue weighted by Gasteiger charge is -2.13. The van der Waals surface area contributed by atoms with E-state index in [1.807, 2.05) is 13.8 Å². The normalized spacial score (nSPS) is 13.5. The first kappa shape index (κ1) is 19.1. The summed E-state index contributed by atoms with van der Waals surface area (Å²) in [4.78, 5) is 1.37. The van der Waals surface area contributed by atoms with E-state index < -0.39 is 10.0 Å². The number of halogens is 1. The highest BCUT2D eigenvalue weighted by molar-refractivity contribution is 9.11. The van der Waals surface area contributed by atoms with Crippen molar-refractivity contribution >= 4 is 37.3 Å². The fraction of sp³-hybridized carbons (Fsp3) is 0.714. The van der Waals surface area contributed by atoms with Crippen molar-refractivity contribution in [1.29, 1.82) is 0 Å². The Morgan fingerprint density at radius 1 is 1.33 bits per heavy atom. The van der Waals surface area contributed by atoms with Crippen LogP contribution in [0.2, 0.25) is 0 Å². The second-order valence-corrected chi connectivity index (χ2v) is 9.29. The topological polar surface area (TPSA) is 58.2 Å². The predicted octanol–water partition coefficient (Wildman–Crippen LogP) is 3.87. The van der Waals surface area contributed by atoms with E-state index in [1.165, 1.54) is 11.3 Å². The quantitative estimate of drug-likeness (QED) is 0.590. The summed E-state index contributed by atoms with van der Waals surface area (Å²) >= 11 is 4.83. The van der Waals surface area contributed by atoms with E-state index in [2.05, 4.69) is 32.9 Å². The highest BCUT2D eigenvalue weighted by Gasteiger charge is 2.22. The molecule has 1 unspecified atom stereocenters. The van der Waals surface area contributed by atoms with E-state index in [0.717, 1.165) is 37.1 Å². The molecule has 1 aromatic rings. The van der Waals surface area contributed by atoms with E-state index in [1.54, 1.807) is 6.07 Å². The Hall–Kier alpha value is 0.0500. The molecule has 21 heavy (non-hydrogen) atoms. The Morgan fingerprint density at radius 2 is 2.05 bits per heavy atom. The lowest BCUT2D eigenvalue weighted by molar-refractivity contribution is 0.527.